The van der Waals surface area contributed by atoms with Gasteiger partial charge in [0, 0.05) is 12.1 Å². The van der Waals surface area contributed by atoms with Gasteiger partial charge < -0.3 is 4.74 Å². The van der Waals surface area contributed by atoms with E-state index in [-0.39, 0.29) is 0 Å². The van der Waals surface area contributed by atoms with E-state index in [0.29, 0.717) is 12.1 Å². The third-order valence-electron chi connectivity index (χ3n) is 4.88. The summed E-state index contributed by atoms with van der Waals surface area (Å²) in [6.07, 6.45) is 3.78. The zero-order valence-electron chi connectivity index (χ0n) is 14.5. The Morgan fingerprint density at radius 3 is 2.39 bits per heavy atom. The number of hydrogen-bond donors (Lipinski definition) is 0. The summed E-state index contributed by atoms with van der Waals surface area (Å²) in [7, 11) is 1.70. The van der Waals surface area contributed by atoms with E-state index < -0.39 is 0 Å². The fourth-order valence-corrected chi connectivity index (χ4v) is 3.41. The Morgan fingerprint density at radius 1 is 1.04 bits per heavy atom. The van der Waals surface area contributed by atoms with Gasteiger partial charge in [-0.1, -0.05) is 18.2 Å². The monoisotopic (exact) mass is 310 g/mol. The Labute approximate surface area is 138 Å². The molecule has 0 bridgehead atoms. The molecule has 1 fully saturated rings. The highest BCUT2D eigenvalue weighted by Crippen LogP contribution is 2.25. The van der Waals surface area contributed by atoms with Crippen LogP contribution in [-0.4, -0.2) is 29.9 Å². The zero-order chi connectivity index (χ0) is 16.4. The standard InChI is InChI=1S/C20H26N2O/c1-14-6-5-7-15(2)22(14)21-16(3)17-8-9-19-13-20(23-4)11-10-18(19)12-17/h8-15H,5-7H2,1-4H3/b21-16+. The second-order valence-electron chi connectivity index (χ2n) is 6.62. The maximum absolute atomic E-state index is 5.29. The maximum Gasteiger partial charge on any atom is 0.119 e. The van der Waals surface area contributed by atoms with E-state index in [1.165, 1.54) is 35.6 Å². The van der Waals surface area contributed by atoms with Crippen molar-refractivity contribution in [3.05, 3.63) is 42.0 Å². The van der Waals surface area contributed by atoms with Crippen LogP contribution in [0.1, 0.15) is 45.6 Å². The Morgan fingerprint density at radius 2 is 1.70 bits per heavy atom. The molecule has 2 unspecified atom stereocenters. The number of fused-ring (bicyclic) bond motifs is 1. The second-order valence-corrected chi connectivity index (χ2v) is 6.62. The molecule has 1 saturated heterocycles. The molecule has 0 N–H and O–H groups in total. The number of methoxy groups -OCH3 is 1. The molecule has 2 atom stereocenters. The quantitative estimate of drug-likeness (QED) is 0.758. The van der Waals surface area contributed by atoms with Gasteiger partial charge in [0.15, 0.2) is 0 Å². The van der Waals surface area contributed by atoms with E-state index in [1.54, 1.807) is 7.11 Å². The number of ether oxygens (including phenoxy) is 1. The van der Waals surface area contributed by atoms with E-state index in [4.69, 9.17) is 9.84 Å². The van der Waals surface area contributed by atoms with Gasteiger partial charge in [-0.3, -0.25) is 5.01 Å². The smallest absolute Gasteiger partial charge is 0.119 e. The van der Waals surface area contributed by atoms with Crippen LogP contribution in [0.2, 0.25) is 0 Å². The van der Waals surface area contributed by atoms with Gasteiger partial charge in [0.2, 0.25) is 0 Å². The SMILES string of the molecule is COc1ccc2cc(/C(C)=N/N3C(C)CCCC3C)ccc2c1. The Bertz CT molecular complexity index is 713. The first-order chi connectivity index (χ1) is 11.1. The molecule has 3 rings (SSSR count). The van der Waals surface area contributed by atoms with Crippen LogP contribution >= 0.6 is 0 Å². The van der Waals surface area contributed by atoms with Crippen molar-refractivity contribution in [3.63, 3.8) is 0 Å². The van der Waals surface area contributed by atoms with Crippen LogP contribution < -0.4 is 4.74 Å². The fraction of sp³-hybridized carbons (Fsp3) is 0.450. The maximum atomic E-state index is 5.29. The molecule has 0 amide bonds. The molecular weight excluding hydrogens is 284 g/mol. The largest absolute Gasteiger partial charge is 0.497 e. The summed E-state index contributed by atoms with van der Waals surface area (Å²) >= 11 is 0. The zero-order valence-corrected chi connectivity index (χ0v) is 14.5. The molecule has 3 heteroatoms. The molecule has 1 heterocycles. The van der Waals surface area contributed by atoms with Crippen LogP contribution in [0.4, 0.5) is 0 Å². The topological polar surface area (TPSA) is 24.8 Å². The van der Waals surface area contributed by atoms with Crippen molar-refractivity contribution < 1.29 is 4.74 Å². The molecule has 0 aromatic heterocycles. The first-order valence-corrected chi connectivity index (χ1v) is 8.50. The van der Waals surface area contributed by atoms with E-state index >= 15 is 0 Å². The summed E-state index contributed by atoms with van der Waals surface area (Å²) in [5.41, 5.74) is 2.27. The minimum Gasteiger partial charge on any atom is -0.497 e. The Hall–Kier alpha value is -2.03. The average molecular weight is 310 g/mol. The number of benzene rings is 2. The summed E-state index contributed by atoms with van der Waals surface area (Å²) in [5, 5.41) is 9.64. The normalized spacial score (nSPS) is 22.4. The van der Waals surface area contributed by atoms with Crippen LogP contribution in [0.25, 0.3) is 10.8 Å². The van der Waals surface area contributed by atoms with Crippen molar-refractivity contribution in [2.24, 2.45) is 5.10 Å². The fourth-order valence-electron chi connectivity index (χ4n) is 3.41. The molecular formula is C20H26N2O. The number of piperidine rings is 1. The minimum atomic E-state index is 0.526. The first kappa shape index (κ1) is 15.9. The molecule has 0 aliphatic carbocycles. The highest BCUT2D eigenvalue weighted by molar-refractivity contribution is 6.02. The third kappa shape index (κ3) is 3.34. The van der Waals surface area contributed by atoms with Crippen LogP contribution in [0.15, 0.2) is 41.5 Å². The van der Waals surface area contributed by atoms with Gasteiger partial charge in [-0.05, 0) is 74.6 Å². The molecule has 122 valence electrons. The van der Waals surface area contributed by atoms with Gasteiger partial charge in [0.05, 0.1) is 12.8 Å². The van der Waals surface area contributed by atoms with Crippen LogP contribution in [-0.2, 0) is 0 Å². The van der Waals surface area contributed by atoms with Gasteiger partial charge in [-0.25, -0.2) is 0 Å². The van der Waals surface area contributed by atoms with Crippen molar-refractivity contribution >= 4 is 16.5 Å². The number of hydrogen-bond acceptors (Lipinski definition) is 3. The first-order valence-electron chi connectivity index (χ1n) is 8.50. The van der Waals surface area contributed by atoms with E-state index in [0.717, 1.165) is 11.5 Å². The van der Waals surface area contributed by atoms with Crippen LogP contribution in [0.3, 0.4) is 0 Å². The molecule has 0 saturated carbocycles. The number of nitrogens with zero attached hydrogens (tertiary/aromatic N) is 2. The van der Waals surface area contributed by atoms with E-state index in [2.05, 4.69) is 56.1 Å². The van der Waals surface area contributed by atoms with Crippen molar-refractivity contribution in [1.82, 2.24) is 5.01 Å². The molecule has 3 nitrogen and oxygen atoms in total. The molecule has 23 heavy (non-hydrogen) atoms. The molecule has 2 aromatic rings. The summed E-state index contributed by atoms with van der Waals surface area (Å²) in [4.78, 5) is 0. The Balaban J connectivity index is 1.90. The highest BCUT2D eigenvalue weighted by Gasteiger charge is 2.23. The van der Waals surface area contributed by atoms with Crippen molar-refractivity contribution in [2.75, 3.05) is 7.11 Å². The number of hydrazone groups is 1. The van der Waals surface area contributed by atoms with Gasteiger partial charge in [-0.2, -0.15) is 5.10 Å². The third-order valence-corrected chi connectivity index (χ3v) is 4.88. The van der Waals surface area contributed by atoms with Gasteiger partial charge in [0.1, 0.15) is 5.75 Å². The minimum absolute atomic E-state index is 0.526. The molecule has 0 radical (unpaired) electrons. The average Bonchev–Trinajstić information content (AvgIpc) is 2.57. The van der Waals surface area contributed by atoms with Gasteiger partial charge >= 0.3 is 0 Å². The summed E-state index contributed by atoms with van der Waals surface area (Å²) in [5.74, 6) is 0.895. The second kappa shape index (κ2) is 6.61. The van der Waals surface area contributed by atoms with Crippen molar-refractivity contribution in [1.29, 1.82) is 0 Å². The van der Waals surface area contributed by atoms with E-state index in [9.17, 15) is 0 Å². The van der Waals surface area contributed by atoms with Crippen molar-refractivity contribution in [2.45, 2.75) is 52.1 Å². The lowest BCUT2D eigenvalue weighted by molar-refractivity contribution is 0.108. The lowest BCUT2D eigenvalue weighted by Crippen LogP contribution is -2.40. The van der Waals surface area contributed by atoms with Gasteiger partial charge in [0.25, 0.3) is 0 Å². The summed E-state index contributed by atoms with van der Waals surface area (Å²) in [6, 6.07) is 13.8. The number of rotatable bonds is 3. The molecule has 1 aliphatic rings. The molecule has 2 aromatic carbocycles. The molecule has 1 aliphatic heterocycles. The van der Waals surface area contributed by atoms with Crippen LogP contribution in [0, 0.1) is 0 Å². The highest BCUT2D eigenvalue weighted by atomic mass is 16.5. The van der Waals surface area contributed by atoms with Crippen LogP contribution in [0.5, 0.6) is 5.75 Å². The van der Waals surface area contributed by atoms with E-state index in [1.807, 2.05) is 6.07 Å². The van der Waals surface area contributed by atoms with Gasteiger partial charge in [-0.15, -0.1) is 0 Å². The summed E-state index contributed by atoms with van der Waals surface area (Å²) < 4.78 is 5.29. The van der Waals surface area contributed by atoms with Crippen molar-refractivity contribution in [3.8, 4) is 5.75 Å². The predicted octanol–water partition coefficient (Wildman–Crippen LogP) is 4.84. The lowest BCUT2D eigenvalue weighted by atomic mass is 10.00. The predicted molar refractivity (Wildman–Crippen MR) is 97.3 cm³/mol. The molecule has 0 spiro atoms. The Kier molecular flexibility index (Phi) is 4.56. The lowest BCUT2D eigenvalue weighted by Gasteiger charge is -2.37. The summed E-state index contributed by atoms with van der Waals surface area (Å²) in [6.45, 7) is 6.66.